The Bertz CT molecular complexity index is 2740. The van der Waals surface area contributed by atoms with Crippen LogP contribution >= 0.6 is 11.3 Å². The summed E-state index contributed by atoms with van der Waals surface area (Å²) in [4.78, 5) is 68.3. The molecule has 0 spiro atoms. The fourth-order valence-electron chi connectivity index (χ4n) is 10.7. The van der Waals surface area contributed by atoms with Crippen molar-refractivity contribution in [3.05, 3.63) is 71.6 Å². The Morgan fingerprint density at radius 2 is 1.79 bits per heavy atom. The Morgan fingerprint density at radius 1 is 1.00 bits per heavy atom. The molecule has 2 aliphatic carbocycles. The predicted molar refractivity (Wildman–Crippen MR) is 266 cm³/mol. The number of hydrogen-bond acceptors (Lipinski definition) is 12. The number of amides is 4. The summed E-state index contributed by atoms with van der Waals surface area (Å²) < 4.78 is 41.7. The van der Waals surface area contributed by atoms with Crippen molar-refractivity contribution in [2.45, 2.75) is 138 Å². The van der Waals surface area contributed by atoms with Gasteiger partial charge in [0.05, 0.1) is 29.8 Å². The van der Waals surface area contributed by atoms with Gasteiger partial charge in [-0.05, 0) is 88.5 Å². The molecule has 2 aromatic heterocycles. The Labute approximate surface area is 413 Å². The van der Waals surface area contributed by atoms with E-state index in [4.69, 9.17) is 19.4 Å². The lowest BCUT2D eigenvalue weighted by atomic mass is 9.84. The molecule has 4 aromatic rings. The summed E-state index contributed by atoms with van der Waals surface area (Å²) in [6, 6.07) is 11.1. The number of hydrogen-bond donors (Lipinski definition) is 5. The van der Waals surface area contributed by atoms with Crippen molar-refractivity contribution in [1.29, 1.82) is 0 Å². The summed E-state index contributed by atoms with van der Waals surface area (Å²) >= 11 is 1.45. The molecule has 2 saturated carbocycles. The second kappa shape index (κ2) is 20.9. The molecule has 3 aliphatic heterocycles. The number of benzene rings is 2. The lowest BCUT2D eigenvalue weighted by Crippen LogP contribution is -2.59. The maximum atomic E-state index is 15.2. The molecule has 5 heterocycles. The van der Waals surface area contributed by atoms with E-state index < -0.39 is 69.5 Å². The smallest absolute Gasteiger partial charge is 0.330 e. The minimum Gasteiger partial charge on any atom is -0.497 e. The number of rotatable bonds is 12. The van der Waals surface area contributed by atoms with Gasteiger partial charge in [0.2, 0.25) is 21.8 Å². The summed E-state index contributed by atoms with van der Waals surface area (Å²) in [6.07, 6.45) is 11.7. The van der Waals surface area contributed by atoms with Crippen LogP contribution in [0.2, 0.25) is 0 Å². The van der Waals surface area contributed by atoms with Crippen LogP contribution in [-0.4, -0.2) is 119 Å². The van der Waals surface area contributed by atoms with E-state index in [-0.39, 0.29) is 49.2 Å². The van der Waals surface area contributed by atoms with Crippen molar-refractivity contribution in [3.8, 4) is 22.9 Å². The first-order chi connectivity index (χ1) is 33.7. The number of carboxylic acids is 1. The zero-order chi connectivity index (χ0) is 49.2. The predicted octanol–water partition coefficient (Wildman–Crippen LogP) is 6.88. The van der Waals surface area contributed by atoms with E-state index in [0.29, 0.717) is 59.6 Å². The van der Waals surface area contributed by atoms with Gasteiger partial charge in [-0.3, -0.25) is 9.59 Å². The summed E-state index contributed by atoms with van der Waals surface area (Å²) in [5.41, 5.74) is 1.03. The van der Waals surface area contributed by atoms with Crippen LogP contribution in [0.1, 0.15) is 96.5 Å². The number of carbonyl (C=O) groups is 4. The van der Waals surface area contributed by atoms with Crippen LogP contribution in [-0.2, 0) is 30.8 Å². The zero-order valence-corrected chi connectivity index (χ0v) is 41.7. The van der Waals surface area contributed by atoms with Gasteiger partial charge in [0, 0.05) is 60.4 Å². The van der Waals surface area contributed by atoms with Crippen LogP contribution in [0.5, 0.6) is 11.5 Å². The van der Waals surface area contributed by atoms with Crippen LogP contribution in [0.25, 0.3) is 22.3 Å². The van der Waals surface area contributed by atoms with Gasteiger partial charge in [0.15, 0.2) is 5.13 Å². The van der Waals surface area contributed by atoms with E-state index in [1.54, 1.807) is 37.4 Å². The first-order valence-electron chi connectivity index (χ1n) is 24.8. The molecule has 6 atom stereocenters. The number of carboxylic acid groups (broad SMARTS) is 1. The molecule has 3 fully saturated rings. The fourth-order valence-corrected chi connectivity index (χ4v) is 13.2. The third kappa shape index (κ3) is 10.6. The minimum atomic E-state index is -3.81. The number of carbonyl (C=O) groups excluding carboxylic acids is 3. The molecule has 5 aliphatic rings. The number of urea groups is 1. The van der Waals surface area contributed by atoms with Crippen LogP contribution < -0.4 is 30.7 Å². The van der Waals surface area contributed by atoms with Gasteiger partial charge >= 0.3 is 12.0 Å². The first kappa shape index (κ1) is 49.2. The van der Waals surface area contributed by atoms with E-state index >= 15 is 4.79 Å². The number of sulfonamides is 1. The van der Waals surface area contributed by atoms with Crippen LogP contribution in [0.15, 0.2) is 71.0 Å². The van der Waals surface area contributed by atoms with Gasteiger partial charge < -0.3 is 40.7 Å². The summed E-state index contributed by atoms with van der Waals surface area (Å²) in [6.45, 7) is 4.41. The standard InChI is InChI=1S/C51H64N8O9S2/c1-31(2)52-50-56-42(30-69-50)40-26-44(37-21-20-35(67-3)24-39(37)53-40)68-36-25-43-46(60)57-51(48(62)63)27-34(51)17-10-5-4-6-11-18-38(47(61)59(43)28-36)54-49(64)55-41(32-14-8-7-9-15-32)29-58-23-22-33-16-12-13-19-45(33)70(58,65)66/h10,12-13,16-17,19-21,24,26,30-32,34,36,38,41,43H,4-9,11,14-15,18,22-23,25,27-29H2,1-3H3,(H,52,56)(H,57,60)(H,62,63)(H2,54,55,64)/b17-10-/t34?,36-,38+,41?,43+,51-/m1/s1. The minimum absolute atomic E-state index is 0.0288. The number of thiazole rings is 1. The van der Waals surface area contributed by atoms with Crippen molar-refractivity contribution < 1.29 is 42.2 Å². The molecule has 0 radical (unpaired) electrons. The number of aliphatic carboxylic acids is 1. The second-order valence-corrected chi connectivity index (χ2v) is 22.5. The lowest BCUT2D eigenvalue weighted by Gasteiger charge is -2.36. The largest absolute Gasteiger partial charge is 0.497 e. The topological polar surface area (TPSA) is 221 Å². The van der Waals surface area contributed by atoms with Crippen molar-refractivity contribution in [3.63, 3.8) is 0 Å². The van der Waals surface area contributed by atoms with Crippen molar-refractivity contribution in [2.75, 3.05) is 32.1 Å². The van der Waals surface area contributed by atoms with Gasteiger partial charge in [0.25, 0.3) is 0 Å². The second-order valence-electron chi connectivity index (χ2n) is 19.7. The van der Waals surface area contributed by atoms with Crippen molar-refractivity contribution in [1.82, 2.24) is 35.1 Å². The number of pyridine rings is 1. The first-order valence-corrected chi connectivity index (χ1v) is 27.1. The number of ether oxygens (including phenoxy) is 2. The average Bonchev–Trinajstić information content (AvgIpc) is 3.60. The molecule has 4 amide bonds. The molecule has 5 N–H and O–H groups in total. The van der Waals surface area contributed by atoms with Gasteiger partial charge in [-0.2, -0.15) is 4.31 Å². The van der Waals surface area contributed by atoms with E-state index in [1.807, 2.05) is 49.6 Å². The van der Waals surface area contributed by atoms with E-state index in [9.17, 15) is 27.9 Å². The number of anilines is 1. The van der Waals surface area contributed by atoms with E-state index in [1.165, 1.54) is 20.5 Å². The Morgan fingerprint density at radius 3 is 2.57 bits per heavy atom. The normalized spacial score (nSPS) is 26.1. The molecular formula is C51H64N8O9S2. The maximum absolute atomic E-state index is 15.2. The molecule has 0 bridgehead atoms. The van der Waals surface area contributed by atoms with E-state index in [2.05, 4.69) is 21.3 Å². The third-order valence-electron chi connectivity index (χ3n) is 14.5. The Kier molecular flexibility index (Phi) is 14.7. The Balaban J connectivity index is 1.00. The summed E-state index contributed by atoms with van der Waals surface area (Å²) in [7, 11) is -2.24. The number of allylic oxidation sites excluding steroid dienone is 1. The lowest BCUT2D eigenvalue weighted by molar-refractivity contribution is -0.145. The van der Waals surface area contributed by atoms with Crippen LogP contribution in [0.4, 0.5) is 9.93 Å². The number of aromatic nitrogens is 2. The highest BCUT2D eigenvalue weighted by molar-refractivity contribution is 7.89. The molecule has 19 heteroatoms. The fraction of sp³-hybridized carbons (Fsp3) is 0.529. The molecule has 70 heavy (non-hydrogen) atoms. The van der Waals surface area contributed by atoms with Gasteiger partial charge in [0.1, 0.15) is 40.9 Å². The SMILES string of the molecule is COc1ccc2c(O[C@@H]3C[C@H]4C(=O)N[C@]5(C(=O)O)CC5/C=C\CCCCC[C@H](NC(=O)NC(CN5CCc6ccccc6S5(=O)=O)C5CCCCC5)C(=O)N4C3)cc(-c3csc(NC(C)C)n3)nc2c1. The van der Waals surface area contributed by atoms with Gasteiger partial charge in [-0.25, -0.2) is 28.0 Å². The van der Waals surface area contributed by atoms with Crippen molar-refractivity contribution in [2.24, 2.45) is 11.8 Å². The monoisotopic (exact) mass is 996 g/mol. The highest BCUT2D eigenvalue weighted by Crippen LogP contribution is 2.46. The van der Waals surface area contributed by atoms with Gasteiger partial charge in [-0.15, -0.1) is 11.3 Å². The van der Waals surface area contributed by atoms with Crippen molar-refractivity contribution >= 4 is 61.2 Å². The quantitative estimate of drug-likeness (QED) is 0.0918. The molecule has 17 nitrogen and oxygen atoms in total. The molecule has 9 rings (SSSR count). The number of methoxy groups -OCH3 is 1. The molecule has 2 aromatic carbocycles. The number of nitrogens with one attached hydrogen (secondary N) is 4. The number of fused-ring (bicyclic) bond motifs is 4. The molecule has 2 unspecified atom stereocenters. The van der Waals surface area contributed by atoms with Gasteiger partial charge in [-0.1, -0.05) is 62.5 Å². The molecule has 374 valence electrons. The van der Waals surface area contributed by atoms with E-state index in [0.717, 1.165) is 55.6 Å². The summed E-state index contributed by atoms with van der Waals surface area (Å²) in [5.74, 6) is -1.58. The molecular weight excluding hydrogens is 933 g/mol. The molecule has 1 saturated heterocycles. The average molecular weight is 997 g/mol. The zero-order valence-electron chi connectivity index (χ0n) is 40.0. The highest BCUT2D eigenvalue weighted by Gasteiger charge is 2.61. The van der Waals surface area contributed by atoms with Crippen LogP contribution in [0, 0.1) is 11.8 Å². The maximum Gasteiger partial charge on any atom is 0.330 e. The third-order valence-corrected chi connectivity index (χ3v) is 17.3. The highest BCUT2D eigenvalue weighted by atomic mass is 32.2. The summed E-state index contributed by atoms with van der Waals surface area (Å²) in [5, 5.41) is 26.1. The number of nitrogens with zero attached hydrogens (tertiary/aromatic N) is 4. The van der Waals surface area contributed by atoms with Crippen LogP contribution in [0.3, 0.4) is 0 Å². The Hall–Kier alpha value is -5.79.